The highest BCUT2D eigenvalue weighted by Crippen LogP contribution is 2.37. The topological polar surface area (TPSA) is 155 Å². The fourth-order valence-electron chi connectivity index (χ4n) is 9.08. The van der Waals surface area contributed by atoms with Crippen LogP contribution >= 0.6 is 0 Å². The molecule has 2 aromatic heterocycles. The van der Waals surface area contributed by atoms with E-state index in [0.29, 0.717) is 42.3 Å². The van der Waals surface area contributed by atoms with Crippen molar-refractivity contribution in [3.05, 3.63) is 82.9 Å². The average Bonchev–Trinajstić information content (AvgIpc) is 3.90. The SMILES string of the molecule is CN1CCC[C@@H]1c1cc2cnc(NC(=O)c3ccc(OCCCC4CCN(c5cccc6c5CN(C5CCC(=O)NC5=O)C6=O)CC4)cc3F)cc2n1C(=O)OC(C)(C)C. The van der Waals surface area contributed by atoms with E-state index in [9.17, 15) is 24.0 Å². The Balaban J connectivity index is 0.832. The van der Waals surface area contributed by atoms with Crippen molar-refractivity contribution in [2.24, 2.45) is 5.92 Å². The summed E-state index contributed by atoms with van der Waals surface area (Å²) in [6, 6.07) is 12.9. The van der Waals surface area contributed by atoms with Gasteiger partial charge in [-0.05, 0) is 116 Å². The molecule has 60 heavy (non-hydrogen) atoms. The van der Waals surface area contributed by atoms with Gasteiger partial charge in [-0.1, -0.05) is 6.07 Å². The molecule has 0 bridgehead atoms. The molecule has 316 valence electrons. The van der Waals surface area contributed by atoms with Crippen LogP contribution in [-0.2, 0) is 20.9 Å². The lowest BCUT2D eigenvalue weighted by Gasteiger charge is -2.35. The number of aromatic nitrogens is 2. The monoisotopic (exact) mass is 821 g/mol. The number of piperidine rings is 2. The lowest BCUT2D eigenvalue weighted by atomic mass is 9.91. The first-order chi connectivity index (χ1) is 28.7. The van der Waals surface area contributed by atoms with Gasteiger partial charge < -0.3 is 24.6 Å². The summed E-state index contributed by atoms with van der Waals surface area (Å²) in [5.74, 6) is -1.30. The molecule has 4 aliphatic heterocycles. The number of halogens is 1. The number of benzene rings is 2. The molecule has 2 aromatic carbocycles. The Morgan fingerprint density at radius 1 is 0.983 bits per heavy atom. The first-order valence-corrected chi connectivity index (χ1v) is 20.9. The third-order valence-corrected chi connectivity index (χ3v) is 12.1. The van der Waals surface area contributed by atoms with Crippen molar-refractivity contribution in [1.29, 1.82) is 0 Å². The molecule has 4 amide bonds. The first kappa shape index (κ1) is 40.9. The number of imide groups is 1. The molecule has 2 N–H and O–H groups in total. The van der Waals surface area contributed by atoms with Gasteiger partial charge in [0.1, 0.15) is 29.0 Å². The number of anilines is 2. The lowest BCUT2D eigenvalue weighted by molar-refractivity contribution is -0.136. The van der Waals surface area contributed by atoms with Crippen molar-refractivity contribution in [3.63, 3.8) is 0 Å². The molecule has 8 rings (SSSR count). The van der Waals surface area contributed by atoms with Crippen molar-refractivity contribution in [3.8, 4) is 5.75 Å². The van der Waals surface area contributed by atoms with Gasteiger partial charge in [-0.25, -0.2) is 18.7 Å². The van der Waals surface area contributed by atoms with Crippen LogP contribution in [0.3, 0.4) is 0 Å². The van der Waals surface area contributed by atoms with Gasteiger partial charge in [-0.2, -0.15) is 0 Å². The van der Waals surface area contributed by atoms with Crippen molar-refractivity contribution in [1.82, 2.24) is 24.7 Å². The molecule has 14 nitrogen and oxygen atoms in total. The summed E-state index contributed by atoms with van der Waals surface area (Å²) < 4.78 is 28.6. The van der Waals surface area contributed by atoms with E-state index in [-0.39, 0.29) is 35.7 Å². The second-order valence-electron chi connectivity index (χ2n) is 17.4. The fraction of sp³-hybridized carbons (Fsp3) is 0.467. The average molecular weight is 822 g/mol. The number of rotatable bonds is 10. The molecule has 0 spiro atoms. The maximum atomic E-state index is 15.3. The number of pyridine rings is 1. The Morgan fingerprint density at radius 2 is 1.78 bits per heavy atom. The van der Waals surface area contributed by atoms with Crippen molar-refractivity contribution in [2.75, 3.05) is 43.5 Å². The number of hydrogen-bond acceptors (Lipinski definition) is 10. The Labute approximate surface area is 348 Å². The number of nitrogens with zero attached hydrogens (tertiary/aromatic N) is 5. The smallest absolute Gasteiger partial charge is 0.419 e. The van der Waals surface area contributed by atoms with E-state index < -0.39 is 35.4 Å². The minimum atomic E-state index is -0.725. The Morgan fingerprint density at radius 3 is 2.50 bits per heavy atom. The van der Waals surface area contributed by atoms with Gasteiger partial charge in [0.25, 0.3) is 11.8 Å². The molecular weight excluding hydrogens is 770 g/mol. The molecular formula is C45H52FN7O7. The second kappa shape index (κ2) is 16.7. The molecule has 1 unspecified atom stereocenters. The minimum absolute atomic E-state index is 0.0245. The number of amides is 4. The number of hydrogen-bond donors (Lipinski definition) is 2. The van der Waals surface area contributed by atoms with Crippen LogP contribution in [0, 0.1) is 11.7 Å². The van der Waals surface area contributed by atoms with Gasteiger partial charge in [0.2, 0.25) is 11.8 Å². The number of nitrogens with one attached hydrogen (secondary N) is 2. The normalized spacial score (nSPS) is 20.1. The zero-order chi connectivity index (χ0) is 42.3. The van der Waals surface area contributed by atoms with Crippen LogP contribution in [0.2, 0.25) is 0 Å². The van der Waals surface area contributed by atoms with E-state index in [0.717, 1.165) is 80.5 Å². The number of likely N-dealkylation sites (tertiary alicyclic amines) is 1. The molecule has 0 radical (unpaired) electrons. The number of carbonyl (C=O) groups excluding carboxylic acids is 5. The number of fused-ring (bicyclic) bond motifs is 2. The van der Waals surface area contributed by atoms with Gasteiger partial charge in [0.15, 0.2) is 0 Å². The van der Waals surface area contributed by atoms with Crippen LogP contribution in [0.5, 0.6) is 5.75 Å². The molecule has 6 heterocycles. The van der Waals surface area contributed by atoms with Crippen LogP contribution < -0.4 is 20.3 Å². The van der Waals surface area contributed by atoms with Crippen molar-refractivity contribution < 1.29 is 37.8 Å². The maximum absolute atomic E-state index is 15.3. The quantitative estimate of drug-likeness (QED) is 0.129. The van der Waals surface area contributed by atoms with Gasteiger partial charge in [-0.3, -0.25) is 29.4 Å². The molecule has 4 aromatic rings. The summed E-state index contributed by atoms with van der Waals surface area (Å²) in [6.45, 7) is 8.77. The highest BCUT2D eigenvalue weighted by molar-refractivity contribution is 6.06. The van der Waals surface area contributed by atoms with E-state index in [1.54, 1.807) is 27.8 Å². The second-order valence-corrected chi connectivity index (χ2v) is 17.4. The van der Waals surface area contributed by atoms with Gasteiger partial charge in [0, 0.05) is 72.3 Å². The molecule has 4 aliphatic rings. The molecule has 3 saturated heterocycles. The van der Waals surface area contributed by atoms with Gasteiger partial charge >= 0.3 is 6.09 Å². The molecule has 3 fully saturated rings. The van der Waals surface area contributed by atoms with E-state index in [1.165, 1.54) is 12.1 Å². The van der Waals surface area contributed by atoms with Crippen LogP contribution in [0.15, 0.2) is 54.7 Å². The summed E-state index contributed by atoms with van der Waals surface area (Å²) in [6.07, 6.45) is 7.20. The van der Waals surface area contributed by atoms with Crippen LogP contribution in [-0.4, -0.2) is 94.0 Å². The van der Waals surface area contributed by atoms with E-state index >= 15 is 4.39 Å². The standard InChI is InChI=1S/C45H52FN7O7/c1-45(2,3)60-44(58)53-37-24-39(47-25-28(37)22-38(53)35-11-6-18-50(35)4)48-41(55)31-13-12-29(23-33(31)46)59-21-7-8-27-16-19-51(20-17-27)34-10-5-9-30-32(34)26-52(43(30)57)36-14-15-40(54)49-42(36)56/h5,9-10,12-13,22-25,27,35-36H,6-8,11,14-21,26H2,1-4H3,(H,47,48,55)(H,49,54,56)/t35-,36?/m1/s1. The lowest BCUT2D eigenvalue weighted by Crippen LogP contribution is -2.52. The Kier molecular flexibility index (Phi) is 11.4. The van der Waals surface area contributed by atoms with Gasteiger partial charge in [-0.15, -0.1) is 0 Å². The predicted molar refractivity (Wildman–Crippen MR) is 222 cm³/mol. The number of carbonyl (C=O) groups is 5. The largest absolute Gasteiger partial charge is 0.493 e. The molecule has 0 aliphatic carbocycles. The summed E-state index contributed by atoms with van der Waals surface area (Å²) in [5, 5.41) is 5.79. The summed E-state index contributed by atoms with van der Waals surface area (Å²) in [4.78, 5) is 74.8. The minimum Gasteiger partial charge on any atom is -0.493 e. The zero-order valence-electron chi connectivity index (χ0n) is 34.6. The Bertz CT molecular complexity index is 2350. The Hall–Kier alpha value is -5.83. The third-order valence-electron chi connectivity index (χ3n) is 12.1. The molecule has 15 heteroatoms. The maximum Gasteiger partial charge on any atom is 0.419 e. The summed E-state index contributed by atoms with van der Waals surface area (Å²) >= 11 is 0. The highest BCUT2D eigenvalue weighted by atomic mass is 19.1. The van der Waals surface area contributed by atoms with E-state index in [2.05, 4.69) is 25.4 Å². The fourth-order valence-corrected chi connectivity index (χ4v) is 9.08. The molecule has 0 saturated carbocycles. The van der Waals surface area contributed by atoms with Gasteiger partial charge in [0.05, 0.1) is 23.7 Å². The van der Waals surface area contributed by atoms with E-state index in [1.807, 2.05) is 52.1 Å². The van der Waals surface area contributed by atoms with Crippen LogP contribution in [0.25, 0.3) is 10.9 Å². The van der Waals surface area contributed by atoms with Crippen molar-refractivity contribution in [2.45, 2.75) is 96.4 Å². The summed E-state index contributed by atoms with van der Waals surface area (Å²) in [7, 11) is 2.03. The predicted octanol–water partition coefficient (Wildman–Crippen LogP) is 6.81. The van der Waals surface area contributed by atoms with Crippen LogP contribution in [0.4, 0.5) is 20.7 Å². The summed E-state index contributed by atoms with van der Waals surface area (Å²) in [5.41, 5.74) is 3.02. The highest BCUT2D eigenvalue weighted by Gasteiger charge is 2.40. The van der Waals surface area contributed by atoms with Crippen molar-refractivity contribution >= 4 is 52.1 Å². The first-order valence-electron chi connectivity index (χ1n) is 20.9. The molecule has 2 atom stereocenters. The number of ether oxygens (including phenoxy) is 2. The van der Waals surface area contributed by atoms with E-state index in [4.69, 9.17) is 9.47 Å². The van der Waals surface area contributed by atoms with Crippen LogP contribution in [0.1, 0.15) is 110 Å². The third kappa shape index (κ3) is 8.45. The zero-order valence-corrected chi connectivity index (χ0v) is 34.6.